The van der Waals surface area contributed by atoms with Crippen molar-refractivity contribution >= 4 is 11.8 Å². The second-order valence-corrected chi connectivity index (χ2v) is 9.30. The lowest BCUT2D eigenvalue weighted by Gasteiger charge is -2.40. The van der Waals surface area contributed by atoms with Crippen LogP contribution in [-0.2, 0) is 11.2 Å². The van der Waals surface area contributed by atoms with Gasteiger partial charge in [-0.2, -0.15) is 0 Å². The van der Waals surface area contributed by atoms with Crippen LogP contribution in [0.3, 0.4) is 0 Å². The van der Waals surface area contributed by atoms with Crippen molar-refractivity contribution in [3.05, 3.63) is 70.4 Å². The molecule has 1 saturated heterocycles. The number of hydrogen-bond donors (Lipinski definition) is 4. The van der Waals surface area contributed by atoms with Gasteiger partial charge >= 0.3 is 0 Å². The molecule has 7 heteroatoms. The molecule has 0 saturated carbocycles. The van der Waals surface area contributed by atoms with Gasteiger partial charge in [0.05, 0.1) is 6.61 Å². The molecule has 29 heavy (non-hydrogen) atoms. The number of ether oxygens (including phenoxy) is 1. The molecule has 1 aliphatic carbocycles. The number of aliphatic hydroxyl groups is 4. The Bertz CT molecular complexity index is 867. The topological polar surface area (TPSA) is 90.2 Å². The molecule has 5 nitrogen and oxygen atoms in total. The largest absolute Gasteiger partial charge is 0.394 e. The van der Waals surface area contributed by atoms with Gasteiger partial charge in [-0.1, -0.05) is 43.4 Å². The number of halogens is 1. The van der Waals surface area contributed by atoms with Crippen LogP contribution in [0.15, 0.2) is 53.5 Å². The van der Waals surface area contributed by atoms with Crippen LogP contribution in [-0.4, -0.2) is 56.7 Å². The Hall–Kier alpha value is -1.48. The van der Waals surface area contributed by atoms with Gasteiger partial charge < -0.3 is 25.2 Å². The van der Waals surface area contributed by atoms with Gasteiger partial charge in [-0.25, -0.2) is 4.39 Å². The number of rotatable bonds is 4. The summed E-state index contributed by atoms with van der Waals surface area (Å²) in [5, 5.41) is 40.0. The molecular weight excluding hydrogens is 395 g/mol. The molecule has 1 aromatic carbocycles. The SMILES string of the molecule is CC12C=CC=C[C@H]1SC(Cc1cc([C@@H]3O[C@H](CO)[C@@H](O)[C@H](O)[C@H]3O)ccc1F)=C2. The molecule has 2 aliphatic heterocycles. The van der Waals surface area contributed by atoms with E-state index in [0.717, 1.165) is 4.91 Å². The molecule has 1 aromatic rings. The van der Waals surface area contributed by atoms with Crippen molar-refractivity contribution in [2.45, 2.75) is 49.1 Å². The smallest absolute Gasteiger partial charge is 0.126 e. The van der Waals surface area contributed by atoms with Gasteiger partial charge in [-0.05, 0) is 28.2 Å². The minimum atomic E-state index is -1.46. The predicted octanol–water partition coefficient (Wildman–Crippen LogP) is 2.01. The second-order valence-electron chi connectivity index (χ2n) is 8.04. The summed E-state index contributed by atoms with van der Waals surface area (Å²) in [7, 11) is 0. The molecule has 0 bridgehead atoms. The Balaban J connectivity index is 1.58. The molecule has 3 aliphatic rings. The van der Waals surface area contributed by atoms with E-state index in [-0.39, 0.29) is 11.2 Å². The Morgan fingerprint density at radius 3 is 2.66 bits per heavy atom. The Kier molecular flexibility index (Phi) is 5.72. The molecule has 156 valence electrons. The molecule has 1 fully saturated rings. The van der Waals surface area contributed by atoms with Crippen molar-refractivity contribution in [1.29, 1.82) is 0 Å². The maximum atomic E-state index is 14.5. The third kappa shape index (κ3) is 3.83. The Morgan fingerprint density at radius 2 is 1.93 bits per heavy atom. The number of benzene rings is 1. The minimum Gasteiger partial charge on any atom is -0.394 e. The highest BCUT2D eigenvalue weighted by Crippen LogP contribution is 2.49. The molecule has 4 rings (SSSR count). The number of hydrogen-bond acceptors (Lipinski definition) is 6. The lowest BCUT2D eigenvalue weighted by Crippen LogP contribution is -2.55. The van der Waals surface area contributed by atoms with Gasteiger partial charge in [0.15, 0.2) is 0 Å². The fourth-order valence-electron chi connectivity index (χ4n) is 4.14. The van der Waals surface area contributed by atoms with Crippen LogP contribution in [0.5, 0.6) is 0 Å². The van der Waals surface area contributed by atoms with Gasteiger partial charge in [0.2, 0.25) is 0 Å². The van der Waals surface area contributed by atoms with E-state index in [9.17, 15) is 24.8 Å². The average Bonchev–Trinajstić information content (AvgIpc) is 3.04. The van der Waals surface area contributed by atoms with E-state index in [0.29, 0.717) is 22.8 Å². The van der Waals surface area contributed by atoms with Crippen molar-refractivity contribution in [2.75, 3.05) is 6.61 Å². The zero-order valence-electron chi connectivity index (χ0n) is 16.0. The molecule has 7 atom stereocenters. The summed E-state index contributed by atoms with van der Waals surface area (Å²) in [5.74, 6) is -0.356. The van der Waals surface area contributed by atoms with Crippen LogP contribution in [0.4, 0.5) is 4.39 Å². The van der Waals surface area contributed by atoms with Crippen molar-refractivity contribution < 1.29 is 29.6 Å². The maximum Gasteiger partial charge on any atom is 0.126 e. The lowest BCUT2D eigenvalue weighted by molar-refractivity contribution is -0.231. The summed E-state index contributed by atoms with van der Waals surface area (Å²) >= 11 is 1.71. The van der Waals surface area contributed by atoms with Crippen LogP contribution in [0, 0.1) is 11.2 Å². The van der Waals surface area contributed by atoms with Gasteiger partial charge in [0.1, 0.15) is 36.3 Å². The van der Waals surface area contributed by atoms with Crippen molar-refractivity contribution in [3.63, 3.8) is 0 Å². The predicted molar refractivity (Wildman–Crippen MR) is 109 cm³/mol. The molecule has 0 radical (unpaired) electrons. The molecule has 1 unspecified atom stereocenters. The molecule has 0 aromatic heterocycles. The van der Waals surface area contributed by atoms with Crippen LogP contribution in [0.2, 0.25) is 0 Å². The normalized spacial score (nSPS) is 38.8. The Morgan fingerprint density at radius 1 is 1.14 bits per heavy atom. The Labute approximate surface area is 173 Å². The molecular formula is C22H25FO5S. The van der Waals surface area contributed by atoms with Crippen LogP contribution >= 0.6 is 11.8 Å². The van der Waals surface area contributed by atoms with E-state index in [4.69, 9.17) is 4.74 Å². The lowest BCUT2D eigenvalue weighted by atomic mass is 9.83. The summed E-state index contributed by atoms with van der Waals surface area (Å²) in [5.41, 5.74) is 0.874. The van der Waals surface area contributed by atoms with Gasteiger partial charge in [0, 0.05) is 17.1 Å². The van der Waals surface area contributed by atoms with E-state index in [1.807, 2.05) is 12.2 Å². The first kappa shape index (κ1) is 20.8. The molecule has 4 N–H and O–H groups in total. The monoisotopic (exact) mass is 420 g/mol. The third-order valence-electron chi connectivity index (χ3n) is 5.87. The first-order valence-corrected chi connectivity index (χ1v) is 10.5. The van der Waals surface area contributed by atoms with Crippen LogP contribution in [0.25, 0.3) is 0 Å². The summed E-state index contributed by atoms with van der Waals surface area (Å²) in [4.78, 5) is 1.07. The first-order valence-electron chi connectivity index (χ1n) is 9.65. The summed E-state index contributed by atoms with van der Waals surface area (Å²) in [6.07, 6.45) is 4.69. The van der Waals surface area contributed by atoms with E-state index in [2.05, 4.69) is 25.2 Å². The highest BCUT2D eigenvalue weighted by molar-refractivity contribution is 8.04. The van der Waals surface area contributed by atoms with Gasteiger partial charge in [-0.15, -0.1) is 11.8 Å². The zero-order chi connectivity index (χ0) is 20.8. The van der Waals surface area contributed by atoms with E-state index in [1.165, 1.54) is 12.1 Å². The first-order chi connectivity index (χ1) is 13.8. The number of thioether (sulfide) groups is 1. The molecule has 0 amide bonds. The summed E-state index contributed by atoms with van der Waals surface area (Å²) < 4.78 is 20.1. The van der Waals surface area contributed by atoms with Crippen molar-refractivity contribution in [2.24, 2.45) is 5.41 Å². The molecule has 2 heterocycles. The van der Waals surface area contributed by atoms with Crippen LogP contribution in [0.1, 0.15) is 24.2 Å². The van der Waals surface area contributed by atoms with E-state index in [1.54, 1.807) is 17.8 Å². The van der Waals surface area contributed by atoms with Gasteiger partial charge in [-0.3, -0.25) is 0 Å². The fourth-order valence-corrected chi connectivity index (χ4v) is 5.59. The summed E-state index contributed by atoms with van der Waals surface area (Å²) in [6.45, 7) is 1.65. The molecule has 0 spiro atoms. The highest BCUT2D eigenvalue weighted by atomic mass is 32.2. The minimum absolute atomic E-state index is 0.0832. The van der Waals surface area contributed by atoms with Crippen molar-refractivity contribution in [1.82, 2.24) is 0 Å². The highest BCUT2D eigenvalue weighted by Gasteiger charge is 2.44. The average molecular weight is 421 g/mol. The second kappa shape index (κ2) is 7.98. The van der Waals surface area contributed by atoms with E-state index < -0.39 is 37.1 Å². The number of aliphatic hydroxyl groups excluding tert-OH is 4. The van der Waals surface area contributed by atoms with Crippen LogP contribution < -0.4 is 0 Å². The van der Waals surface area contributed by atoms with E-state index >= 15 is 0 Å². The number of fused-ring (bicyclic) bond motifs is 1. The quantitative estimate of drug-likeness (QED) is 0.596. The zero-order valence-corrected chi connectivity index (χ0v) is 16.8. The fraction of sp³-hybridized carbons (Fsp3) is 0.455. The third-order valence-corrected chi connectivity index (χ3v) is 7.35. The van der Waals surface area contributed by atoms with Crippen molar-refractivity contribution in [3.8, 4) is 0 Å². The summed E-state index contributed by atoms with van der Waals surface area (Å²) in [6, 6.07) is 4.44. The number of allylic oxidation sites excluding steroid dienone is 5. The standard InChI is InChI=1S/C22H25FO5S/c1-22-7-3-2-4-17(22)29-14(10-22)9-13-8-12(5-6-15(13)23)21-20(27)19(26)18(25)16(11-24)28-21/h2-8,10,16-21,24-27H,9,11H2,1H3/t16-,17-,18-,19+,20-,21+,22?/m1/s1. The maximum absolute atomic E-state index is 14.5. The van der Waals surface area contributed by atoms with Gasteiger partial charge in [0.25, 0.3) is 0 Å².